The van der Waals surface area contributed by atoms with Crippen LogP contribution < -0.4 is 5.32 Å². The number of amides is 1. The fourth-order valence-corrected chi connectivity index (χ4v) is 3.17. The maximum absolute atomic E-state index is 12.5. The maximum Gasteiger partial charge on any atom is 0.329 e. The van der Waals surface area contributed by atoms with Crippen molar-refractivity contribution in [2.45, 2.75) is 44.2 Å². The Labute approximate surface area is 140 Å². The topological polar surface area (TPSA) is 84.2 Å². The van der Waals surface area contributed by atoms with E-state index in [2.05, 4.69) is 10.4 Å². The first kappa shape index (κ1) is 16.2. The monoisotopic (exact) mass is 327 g/mol. The molecule has 1 aliphatic carbocycles. The molecule has 0 atom stereocenters. The summed E-state index contributed by atoms with van der Waals surface area (Å²) in [5.41, 5.74) is 0.329. The summed E-state index contributed by atoms with van der Waals surface area (Å²) in [5, 5.41) is 16.5. The summed E-state index contributed by atoms with van der Waals surface area (Å²) in [6, 6.07) is 9.82. The van der Waals surface area contributed by atoms with Gasteiger partial charge in [0, 0.05) is 6.20 Å². The molecule has 0 spiro atoms. The number of hydrogen-bond acceptors (Lipinski definition) is 3. The third-order valence-corrected chi connectivity index (χ3v) is 4.55. The minimum Gasteiger partial charge on any atom is -0.480 e. The standard InChI is InChI=1S/C18H21N3O3/c22-16(20-18(17(23)24)9-5-2-6-10-18)15-11-19-21(13-15)12-14-7-3-1-4-8-14/h1,3-4,7-8,11,13H,2,5-6,9-10,12H2,(H,20,22)(H,23,24). The summed E-state index contributed by atoms with van der Waals surface area (Å²) >= 11 is 0. The quantitative estimate of drug-likeness (QED) is 0.883. The molecule has 1 fully saturated rings. The fourth-order valence-electron chi connectivity index (χ4n) is 3.17. The number of carboxylic acid groups (broad SMARTS) is 1. The minimum atomic E-state index is -1.14. The van der Waals surface area contributed by atoms with Gasteiger partial charge in [-0.3, -0.25) is 9.48 Å². The van der Waals surface area contributed by atoms with Gasteiger partial charge in [0.25, 0.3) is 5.91 Å². The van der Waals surface area contributed by atoms with Crippen LogP contribution in [0.2, 0.25) is 0 Å². The first-order valence-corrected chi connectivity index (χ1v) is 8.21. The Hall–Kier alpha value is -2.63. The van der Waals surface area contributed by atoms with Crippen LogP contribution in [0.3, 0.4) is 0 Å². The zero-order valence-corrected chi connectivity index (χ0v) is 13.4. The van der Waals surface area contributed by atoms with Gasteiger partial charge >= 0.3 is 5.97 Å². The first-order valence-electron chi connectivity index (χ1n) is 8.21. The summed E-state index contributed by atoms with van der Waals surface area (Å²) < 4.78 is 1.68. The summed E-state index contributed by atoms with van der Waals surface area (Å²) in [5.74, 6) is -1.33. The molecule has 1 heterocycles. The molecule has 24 heavy (non-hydrogen) atoms. The van der Waals surface area contributed by atoms with Crippen molar-refractivity contribution in [2.24, 2.45) is 0 Å². The molecule has 1 saturated carbocycles. The van der Waals surface area contributed by atoms with Crippen LogP contribution in [0, 0.1) is 0 Å². The number of carbonyl (C=O) groups is 2. The Morgan fingerprint density at radius 3 is 2.54 bits per heavy atom. The molecule has 3 rings (SSSR count). The lowest BCUT2D eigenvalue weighted by molar-refractivity contribution is -0.145. The van der Waals surface area contributed by atoms with E-state index in [1.54, 1.807) is 10.9 Å². The number of nitrogens with one attached hydrogen (secondary N) is 1. The average molecular weight is 327 g/mol. The molecule has 6 nitrogen and oxygen atoms in total. The molecule has 2 aromatic rings. The van der Waals surface area contributed by atoms with Gasteiger partial charge in [0.2, 0.25) is 0 Å². The molecule has 126 valence electrons. The van der Waals surface area contributed by atoms with Gasteiger partial charge in [-0.25, -0.2) is 4.79 Å². The Kier molecular flexibility index (Phi) is 4.64. The highest BCUT2D eigenvalue weighted by atomic mass is 16.4. The second-order valence-corrected chi connectivity index (χ2v) is 6.31. The molecule has 0 unspecified atom stereocenters. The van der Waals surface area contributed by atoms with Crippen molar-refractivity contribution in [3.05, 3.63) is 53.9 Å². The van der Waals surface area contributed by atoms with Crippen LogP contribution in [-0.4, -0.2) is 32.3 Å². The Morgan fingerprint density at radius 2 is 1.88 bits per heavy atom. The van der Waals surface area contributed by atoms with Crippen LogP contribution in [0.1, 0.15) is 48.0 Å². The van der Waals surface area contributed by atoms with Gasteiger partial charge in [0.15, 0.2) is 0 Å². The number of carboxylic acids is 1. The van der Waals surface area contributed by atoms with Crippen molar-refractivity contribution >= 4 is 11.9 Å². The van der Waals surface area contributed by atoms with Gasteiger partial charge in [-0.05, 0) is 18.4 Å². The van der Waals surface area contributed by atoms with Crippen LogP contribution in [0.4, 0.5) is 0 Å². The van der Waals surface area contributed by atoms with E-state index in [1.807, 2.05) is 30.3 Å². The lowest BCUT2D eigenvalue weighted by atomic mass is 9.81. The minimum absolute atomic E-state index is 0.376. The summed E-state index contributed by atoms with van der Waals surface area (Å²) in [6.07, 6.45) is 6.75. The van der Waals surface area contributed by atoms with Gasteiger partial charge in [0.1, 0.15) is 5.54 Å². The Morgan fingerprint density at radius 1 is 1.17 bits per heavy atom. The van der Waals surface area contributed by atoms with E-state index < -0.39 is 11.5 Å². The van der Waals surface area contributed by atoms with Gasteiger partial charge in [0.05, 0.1) is 18.3 Å². The maximum atomic E-state index is 12.5. The normalized spacial score (nSPS) is 16.5. The van der Waals surface area contributed by atoms with Gasteiger partial charge < -0.3 is 10.4 Å². The number of benzene rings is 1. The molecule has 0 saturated heterocycles. The average Bonchev–Trinajstić information content (AvgIpc) is 3.05. The van der Waals surface area contributed by atoms with Crippen molar-refractivity contribution in [1.82, 2.24) is 15.1 Å². The number of rotatable bonds is 5. The first-order chi connectivity index (χ1) is 11.6. The summed E-state index contributed by atoms with van der Waals surface area (Å²) in [7, 11) is 0. The van der Waals surface area contributed by atoms with Gasteiger partial charge in [-0.15, -0.1) is 0 Å². The molecular weight excluding hydrogens is 306 g/mol. The van der Waals surface area contributed by atoms with Crippen molar-refractivity contribution in [2.75, 3.05) is 0 Å². The van der Waals surface area contributed by atoms with Crippen LogP contribution in [0.25, 0.3) is 0 Å². The lowest BCUT2D eigenvalue weighted by Crippen LogP contribution is -2.55. The van der Waals surface area contributed by atoms with E-state index in [4.69, 9.17) is 0 Å². The van der Waals surface area contributed by atoms with E-state index in [0.717, 1.165) is 24.8 Å². The number of aliphatic carboxylic acids is 1. The van der Waals surface area contributed by atoms with Crippen molar-refractivity contribution in [3.63, 3.8) is 0 Å². The highest BCUT2D eigenvalue weighted by molar-refractivity contribution is 5.97. The smallest absolute Gasteiger partial charge is 0.329 e. The van der Waals surface area contributed by atoms with E-state index >= 15 is 0 Å². The third kappa shape index (κ3) is 3.48. The van der Waals surface area contributed by atoms with Gasteiger partial charge in [-0.2, -0.15) is 5.10 Å². The molecule has 1 aromatic carbocycles. The van der Waals surface area contributed by atoms with Crippen LogP contribution >= 0.6 is 0 Å². The van der Waals surface area contributed by atoms with Crippen LogP contribution in [0.15, 0.2) is 42.7 Å². The van der Waals surface area contributed by atoms with Crippen LogP contribution in [-0.2, 0) is 11.3 Å². The number of aromatic nitrogens is 2. The molecule has 0 radical (unpaired) electrons. The molecular formula is C18H21N3O3. The predicted octanol–water partition coefficient (Wildman–Crippen LogP) is 2.45. The second kappa shape index (κ2) is 6.86. The summed E-state index contributed by atoms with van der Waals surface area (Å²) in [6.45, 7) is 0.568. The predicted molar refractivity (Wildman–Crippen MR) is 88.7 cm³/mol. The SMILES string of the molecule is O=C(NC1(C(=O)O)CCCCC1)c1cnn(Cc2ccccc2)c1. The number of nitrogens with zero attached hydrogens (tertiary/aromatic N) is 2. The van der Waals surface area contributed by atoms with Crippen molar-refractivity contribution in [3.8, 4) is 0 Å². The molecule has 6 heteroatoms. The van der Waals surface area contributed by atoms with E-state index in [1.165, 1.54) is 6.20 Å². The Balaban J connectivity index is 1.70. The van der Waals surface area contributed by atoms with Crippen LogP contribution in [0.5, 0.6) is 0 Å². The fraction of sp³-hybridized carbons (Fsp3) is 0.389. The number of hydrogen-bond donors (Lipinski definition) is 2. The zero-order chi connectivity index (χ0) is 17.0. The molecule has 1 amide bonds. The molecule has 1 aliphatic rings. The highest BCUT2D eigenvalue weighted by Gasteiger charge is 2.41. The molecule has 2 N–H and O–H groups in total. The zero-order valence-electron chi connectivity index (χ0n) is 13.4. The van der Waals surface area contributed by atoms with E-state index in [9.17, 15) is 14.7 Å². The van der Waals surface area contributed by atoms with Crippen molar-refractivity contribution in [1.29, 1.82) is 0 Å². The lowest BCUT2D eigenvalue weighted by Gasteiger charge is -2.33. The summed E-state index contributed by atoms with van der Waals surface area (Å²) in [4.78, 5) is 24.1. The van der Waals surface area contributed by atoms with E-state index in [-0.39, 0.29) is 5.91 Å². The molecule has 0 aliphatic heterocycles. The molecule has 1 aromatic heterocycles. The Bertz CT molecular complexity index is 718. The largest absolute Gasteiger partial charge is 0.480 e. The van der Waals surface area contributed by atoms with E-state index in [0.29, 0.717) is 24.9 Å². The van der Waals surface area contributed by atoms with Crippen molar-refractivity contribution < 1.29 is 14.7 Å². The second-order valence-electron chi connectivity index (χ2n) is 6.31. The molecule has 0 bridgehead atoms. The number of carbonyl (C=O) groups excluding carboxylic acids is 1. The highest BCUT2D eigenvalue weighted by Crippen LogP contribution is 2.28. The third-order valence-electron chi connectivity index (χ3n) is 4.55. The van der Waals surface area contributed by atoms with Gasteiger partial charge in [-0.1, -0.05) is 49.6 Å².